The Morgan fingerprint density at radius 3 is 0.870 bits per heavy atom. The Morgan fingerprint density at radius 2 is 0.600 bits per heavy atom. The van der Waals surface area contributed by atoms with Crippen molar-refractivity contribution < 1.29 is 18.3 Å². The number of hydrogen-bond acceptors (Lipinski definition) is 0. The Bertz CT molecular complexity index is 4080. The quantitative estimate of drug-likeness (QED) is 0.0601. The first-order valence-electron chi connectivity index (χ1n) is 38.5. The molecule has 0 N–H and O–H groups in total. The van der Waals surface area contributed by atoms with Gasteiger partial charge in [-0.3, -0.25) is 0 Å². The fraction of sp³-hybridized carbons (Fsp3) is 0.522. The van der Waals surface area contributed by atoms with Crippen LogP contribution in [0.1, 0.15) is 233 Å². The fourth-order valence-corrected chi connectivity index (χ4v) is 21.5. The maximum atomic E-state index is 2.47. The number of hydrogen-bond donors (Lipinski definition) is 0. The van der Waals surface area contributed by atoms with Crippen LogP contribution in [0.25, 0.3) is 45.0 Å². The van der Waals surface area contributed by atoms with Gasteiger partial charge in [0.25, 0.3) is 0 Å². The summed E-state index contributed by atoms with van der Waals surface area (Å²) in [6.07, 6.45) is 13.2. The number of rotatable bonds is 18. The van der Waals surface area contributed by atoms with Crippen LogP contribution in [-0.4, -0.2) is 32.3 Å². The van der Waals surface area contributed by atoms with Crippen molar-refractivity contribution in [1.82, 2.24) is 0 Å². The van der Waals surface area contributed by atoms with Crippen LogP contribution in [0.5, 0.6) is 0 Å². The van der Waals surface area contributed by atoms with E-state index in [1.165, 1.54) is 125 Å². The van der Waals surface area contributed by atoms with E-state index in [1.807, 2.05) is 0 Å². The first-order chi connectivity index (χ1) is 45.9. The Balaban J connectivity index is 0.000000240. The van der Waals surface area contributed by atoms with E-state index in [4.69, 9.17) is 0 Å². The SMILES string of the molecule is CCC(CC)c1ccc(C)c(-c2cc(C(C)C)c([Si](C)(C)C)c[n+]2C)c1.Cc1ccc(C(C)(C)C)cc1-c1cc(C(C)C)c([Si](C)(C)C)c[n+]1C.Cc1ccc(C(C)C)cc1-c1cc(C(C)C)c([Si](C)(C)C)c[n+]1C.Cc1ccc(CC(C)C)cc1-c1cc(C(C)C)c([Si](C)(C)C)c[n+]1C. The van der Waals surface area contributed by atoms with Gasteiger partial charge in [0.1, 0.15) is 28.2 Å². The first kappa shape index (κ1) is 85.0. The van der Waals surface area contributed by atoms with Crippen molar-refractivity contribution in [2.24, 2.45) is 34.1 Å². The number of benzene rings is 4. The van der Waals surface area contributed by atoms with Crippen LogP contribution in [0.2, 0.25) is 78.6 Å². The van der Waals surface area contributed by atoms with Gasteiger partial charge in [0.2, 0.25) is 22.8 Å². The van der Waals surface area contributed by atoms with Crippen LogP contribution in [0.15, 0.2) is 122 Å². The van der Waals surface area contributed by atoms with Gasteiger partial charge in [0.15, 0.2) is 24.8 Å². The lowest BCUT2D eigenvalue weighted by molar-refractivity contribution is -0.659. The largest absolute Gasteiger partial charge is 0.212 e. The molecule has 8 aromatic rings. The van der Waals surface area contributed by atoms with Gasteiger partial charge < -0.3 is 0 Å². The van der Waals surface area contributed by atoms with Crippen molar-refractivity contribution in [2.45, 2.75) is 284 Å². The summed E-state index contributed by atoms with van der Waals surface area (Å²) < 4.78 is 9.39. The number of aryl methyl sites for hydroxylation is 8. The van der Waals surface area contributed by atoms with Gasteiger partial charge in [0.05, 0.1) is 32.3 Å². The fourth-order valence-electron chi connectivity index (χ4n) is 14.3. The second kappa shape index (κ2) is 34.3. The van der Waals surface area contributed by atoms with Crippen LogP contribution < -0.4 is 39.0 Å². The van der Waals surface area contributed by atoms with Crippen molar-refractivity contribution >= 4 is 53.0 Å². The minimum Gasteiger partial charge on any atom is -0.201 e. The maximum absolute atomic E-state index is 2.47. The monoisotopic (exact) mass is 1420 g/mol. The molecule has 0 radical (unpaired) electrons. The van der Waals surface area contributed by atoms with Crippen LogP contribution in [-0.2, 0) is 40.0 Å². The van der Waals surface area contributed by atoms with Crippen molar-refractivity contribution in [3.8, 4) is 45.0 Å². The van der Waals surface area contributed by atoms with Crippen molar-refractivity contribution in [1.29, 1.82) is 0 Å². The predicted molar refractivity (Wildman–Crippen MR) is 454 cm³/mol. The van der Waals surface area contributed by atoms with E-state index in [-0.39, 0.29) is 5.41 Å². The van der Waals surface area contributed by atoms with E-state index in [2.05, 4.69) is 392 Å². The van der Waals surface area contributed by atoms with Gasteiger partial charge in [-0.05, 0) is 185 Å². The molecule has 0 unspecified atom stereocenters. The average Bonchev–Trinajstić information content (AvgIpc) is 0.857. The molecule has 0 saturated heterocycles. The zero-order valence-electron chi connectivity index (χ0n) is 71.0. The normalized spacial score (nSPS) is 12.4. The molecular weight excluding hydrogens is 1270 g/mol. The highest BCUT2D eigenvalue weighted by atomic mass is 28.3. The summed E-state index contributed by atoms with van der Waals surface area (Å²) in [4.78, 5) is 0. The van der Waals surface area contributed by atoms with E-state index in [0.717, 1.165) is 6.42 Å². The molecule has 0 atom stereocenters. The molecule has 4 aromatic carbocycles. The Labute approximate surface area is 619 Å². The molecule has 4 aromatic heterocycles. The van der Waals surface area contributed by atoms with Crippen molar-refractivity contribution in [3.63, 3.8) is 0 Å². The Kier molecular flexibility index (Phi) is 29.2. The third-order valence-corrected chi connectivity index (χ3v) is 28.9. The lowest BCUT2D eigenvalue weighted by Gasteiger charge is -2.23. The summed E-state index contributed by atoms with van der Waals surface area (Å²) in [7, 11) is 3.36. The number of aromatic nitrogens is 4. The molecule has 0 aliphatic heterocycles. The molecule has 8 rings (SSSR count). The zero-order chi connectivity index (χ0) is 76.0. The van der Waals surface area contributed by atoms with Gasteiger partial charge in [-0.25, -0.2) is 18.3 Å². The average molecular weight is 1420 g/mol. The van der Waals surface area contributed by atoms with E-state index < -0.39 is 32.3 Å². The highest BCUT2D eigenvalue weighted by Crippen LogP contribution is 2.34. The zero-order valence-corrected chi connectivity index (χ0v) is 75.0. The van der Waals surface area contributed by atoms with Crippen molar-refractivity contribution in [2.75, 3.05) is 0 Å². The van der Waals surface area contributed by atoms with Crippen LogP contribution in [0.3, 0.4) is 0 Å². The molecule has 100 heavy (non-hydrogen) atoms. The lowest BCUT2D eigenvalue weighted by Crippen LogP contribution is -2.47. The maximum Gasteiger partial charge on any atom is 0.212 e. The topological polar surface area (TPSA) is 15.5 Å². The summed E-state index contributed by atoms with van der Waals surface area (Å²) in [5.74, 6) is 4.11. The Hall–Kier alpha value is -5.65. The van der Waals surface area contributed by atoms with E-state index >= 15 is 0 Å². The summed E-state index contributed by atoms with van der Waals surface area (Å²) in [5, 5.41) is 6.34. The molecule has 0 aliphatic rings. The van der Waals surface area contributed by atoms with Crippen LogP contribution >= 0.6 is 0 Å². The molecule has 0 bridgehead atoms. The van der Waals surface area contributed by atoms with Gasteiger partial charge in [-0.15, -0.1) is 0 Å². The van der Waals surface area contributed by atoms with E-state index in [1.54, 1.807) is 20.7 Å². The first-order valence-corrected chi connectivity index (χ1v) is 52.5. The highest BCUT2D eigenvalue weighted by molar-refractivity contribution is 6.90. The third-order valence-electron chi connectivity index (χ3n) is 20.7. The molecular formula is C92H144N4Si4+4. The van der Waals surface area contributed by atoms with Gasteiger partial charge in [-0.1, -0.05) is 245 Å². The molecule has 0 saturated carbocycles. The molecule has 0 spiro atoms. The molecule has 0 aliphatic carbocycles. The second-order valence-corrected chi connectivity index (χ2v) is 57.2. The third kappa shape index (κ3) is 21.7. The lowest BCUT2D eigenvalue weighted by atomic mass is 9.84. The Morgan fingerprint density at radius 1 is 0.330 bits per heavy atom. The minimum absolute atomic E-state index is 0.167. The van der Waals surface area contributed by atoms with Gasteiger partial charge in [0, 0.05) is 67.3 Å². The highest BCUT2D eigenvalue weighted by Gasteiger charge is 2.33. The van der Waals surface area contributed by atoms with Crippen LogP contribution in [0.4, 0.5) is 0 Å². The van der Waals surface area contributed by atoms with Crippen molar-refractivity contribution in [3.05, 3.63) is 189 Å². The smallest absolute Gasteiger partial charge is 0.201 e. The standard InChI is InChI=1S/C24H38NSi.2C23H36NSi.C22H34NSi/c1-10-19(11-2)20-13-12-18(5)22(14-20)23-15-21(17(3)4)24(16-25(23)6)26(7,8)9;1-16(2)19-14-21(24(7)15-22(19)25(8,9)10)20-13-18(23(4,5)6)12-11-17(20)3;1-16(2)12-19-11-10-18(5)21(13-19)22-14-20(17(3)4)23(15-24(22)6)25(7,8)9;1-15(2)18-11-10-17(5)20(12-18)21-13-19(16(3)4)22(14-23(21)6)24(7,8)9/h12-17,19H,10-11H2,1-9H3;11-16H,1-10H3;10-11,13-17H,12H2,1-9H3;10-16H,1-9H3/q4*+1. The molecule has 4 nitrogen and oxygen atoms in total. The minimum atomic E-state index is -1.37. The number of pyridine rings is 4. The summed E-state index contributed by atoms with van der Waals surface area (Å²) in [6, 6.07) is 37.8. The molecule has 8 heteroatoms. The van der Waals surface area contributed by atoms with E-state index in [9.17, 15) is 0 Å². The molecule has 0 fully saturated rings. The number of nitrogens with zero attached hydrogens (tertiary/aromatic N) is 4. The summed E-state index contributed by atoms with van der Waals surface area (Å²) in [5.41, 5.74) is 28.3. The van der Waals surface area contributed by atoms with Gasteiger partial charge in [-0.2, -0.15) is 0 Å². The molecule has 544 valence electrons. The van der Waals surface area contributed by atoms with Crippen LogP contribution in [0, 0.1) is 33.6 Å². The summed E-state index contributed by atoms with van der Waals surface area (Å²) >= 11 is 0. The second-order valence-electron chi connectivity index (χ2n) is 37.0. The van der Waals surface area contributed by atoms with Gasteiger partial charge >= 0.3 is 0 Å². The summed E-state index contributed by atoms with van der Waals surface area (Å²) in [6.45, 7) is 77.4. The molecule has 0 amide bonds. The molecule has 4 heterocycles. The predicted octanol–water partition coefficient (Wildman–Crippen LogP) is 22.1. The van der Waals surface area contributed by atoms with E-state index in [0.29, 0.717) is 41.4 Å².